The van der Waals surface area contributed by atoms with Crippen molar-refractivity contribution in [3.05, 3.63) is 28.9 Å². The molecule has 11 heteroatoms. The minimum atomic E-state index is -1.18. The molecular formula is C21H26ClFN6O2S. The van der Waals surface area contributed by atoms with Crippen LogP contribution in [0.25, 0.3) is 0 Å². The highest BCUT2D eigenvalue weighted by atomic mass is 35.5. The second-order valence-corrected chi connectivity index (χ2v) is 10.8. The Labute approximate surface area is 193 Å². The molecular weight excluding hydrogens is 455 g/mol. The van der Waals surface area contributed by atoms with E-state index in [2.05, 4.69) is 15.3 Å². The molecule has 2 fully saturated rings. The fraction of sp³-hybridized carbons (Fsp3) is 0.619. The fourth-order valence-electron chi connectivity index (χ4n) is 4.66. The predicted molar refractivity (Wildman–Crippen MR) is 120 cm³/mol. The van der Waals surface area contributed by atoms with E-state index in [1.165, 1.54) is 12.4 Å². The van der Waals surface area contributed by atoms with E-state index in [0.29, 0.717) is 52.6 Å². The Hall–Kier alpha value is -1.91. The largest absolute Gasteiger partial charge is 0.394 e. The number of aromatic nitrogens is 4. The van der Waals surface area contributed by atoms with Crippen LogP contribution < -0.4 is 10.2 Å². The van der Waals surface area contributed by atoms with Crippen molar-refractivity contribution >= 4 is 34.2 Å². The number of aliphatic hydroxyl groups is 1. The van der Waals surface area contributed by atoms with Crippen LogP contribution in [0.4, 0.5) is 16.2 Å². The Morgan fingerprint density at radius 3 is 2.72 bits per heavy atom. The summed E-state index contributed by atoms with van der Waals surface area (Å²) in [7, 11) is -1.18. The molecule has 0 spiro atoms. The molecule has 0 bridgehead atoms. The van der Waals surface area contributed by atoms with Gasteiger partial charge in [-0.1, -0.05) is 11.6 Å². The number of aryl methyl sites for hydroxylation is 1. The Bertz CT molecular complexity index is 1020. The van der Waals surface area contributed by atoms with E-state index in [0.717, 1.165) is 31.4 Å². The minimum absolute atomic E-state index is 0.00716. The van der Waals surface area contributed by atoms with Crippen molar-refractivity contribution in [1.29, 1.82) is 0 Å². The van der Waals surface area contributed by atoms with Gasteiger partial charge in [0.2, 0.25) is 5.95 Å². The molecule has 1 aliphatic carbocycles. The van der Waals surface area contributed by atoms with Gasteiger partial charge in [0.25, 0.3) is 0 Å². The van der Waals surface area contributed by atoms with Crippen molar-refractivity contribution in [2.24, 2.45) is 0 Å². The zero-order chi connectivity index (χ0) is 22.3. The van der Waals surface area contributed by atoms with E-state index in [1.54, 1.807) is 0 Å². The second kappa shape index (κ2) is 8.79. The number of nitrogens with one attached hydrogen (secondary N) is 1. The lowest BCUT2D eigenvalue weighted by molar-refractivity contribution is 0.143. The van der Waals surface area contributed by atoms with Crippen molar-refractivity contribution in [2.75, 3.05) is 35.7 Å². The number of nitrogens with zero attached hydrogens (tertiary/aromatic N) is 5. The Kier molecular flexibility index (Phi) is 6.02. The molecule has 4 heterocycles. The quantitative estimate of drug-likeness (QED) is 0.673. The Morgan fingerprint density at radius 2 is 2.06 bits per heavy atom. The summed E-state index contributed by atoms with van der Waals surface area (Å²) in [5, 5.41) is 13.7. The van der Waals surface area contributed by atoms with Gasteiger partial charge >= 0.3 is 0 Å². The molecule has 0 amide bonds. The Balaban J connectivity index is 1.42. The molecule has 8 nitrogen and oxygen atoms in total. The summed E-state index contributed by atoms with van der Waals surface area (Å²) in [6.45, 7) is 0.680. The standard InChI is InChI=1S/C21H26ClFN6O2S/c22-13-9-24-18(25-10-13)14-4-7-29(11-15(14)23)20-26-16-3-1-8-32(31)17(16)19(27-20)28-21(12-30)5-2-6-21/h9-10,14-15,30H,1-8,11-12H2,(H,26,27,28). The van der Waals surface area contributed by atoms with Crippen LogP contribution in [0.3, 0.4) is 0 Å². The summed E-state index contributed by atoms with van der Waals surface area (Å²) < 4.78 is 27.9. The summed E-state index contributed by atoms with van der Waals surface area (Å²) in [4.78, 5) is 20.3. The molecule has 172 valence electrons. The van der Waals surface area contributed by atoms with Gasteiger partial charge in [0, 0.05) is 24.7 Å². The lowest BCUT2D eigenvalue weighted by atomic mass is 9.77. The molecule has 5 rings (SSSR count). The number of piperidine rings is 1. The third kappa shape index (κ3) is 4.08. The maximum atomic E-state index is 15.2. The van der Waals surface area contributed by atoms with E-state index in [9.17, 15) is 9.32 Å². The van der Waals surface area contributed by atoms with Gasteiger partial charge in [-0.05, 0) is 38.5 Å². The number of hydrogen-bond donors (Lipinski definition) is 2. The number of alkyl halides is 1. The SMILES string of the molecule is O=S1CCCc2nc(N3CCC(c4ncc(Cl)cn4)C(F)C3)nc(NC3(CO)CCC3)c21. The molecule has 2 aromatic rings. The van der Waals surface area contributed by atoms with Crippen molar-refractivity contribution in [1.82, 2.24) is 19.9 Å². The number of halogens is 2. The van der Waals surface area contributed by atoms with Crippen LogP contribution in [0.15, 0.2) is 17.3 Å². The molecule has 3 unspecified atom stereocenters. The summed E-state index contributed by atoms with van der Waals surface area (Å²) >= 11 is 5.86. The van der Waals surface area contributed by atoms with Crippen LogP contribution in [-0.4, -0.2) is 66.4 Å². The van der Waals surface area contributed by atoms with E-state index in [4.69, 9.17) is 21.6 Å². The van der Waals surface area contributed by atoms with Gasteiger partial charge < -0.3 is 15.3 Å². The molecule has 1 saturated heterocycles. The molecule has 0 radical (unpaired) electrons. The molecule has 1 saturated carbocycles. The predicted octanol–water partition coefficient (Wildman–Crippen LogP) is 2.63. The number of anilines is 2. The monoisotopic (exact) mass is 480 g/mol. The Morgan fingerprint density at radius 1 is 1.28 bits per heavy atom. The summed E-state index contributed by atoms with van der Waals surface area (Å²) in [6.07, 6.45) is 6.54. The number of rotatable bonds is 5. The average molecular weight is 481 g/mol. The zero-order valence-corrected chi connectivity index (χ0v) is 19.2. The van der Waals surface area contributed by atoms with Crippen molar-refractivity contribution in [2.45, 2.75) is 61.0 Å². The van der Waals surface area contributed by atoms with Crippen LogP contribution >= 0.6 is 11.6 Å². The molecule has 3 atom stereocenters. The van der Waals surface area contributed by atoms with E-state index < -0.39 is 28.4 Å². The van der Waals surface area contributed by atoms with Crippen LogP contribution in [0.2, 0.25) is 5.02 Å². The fourth-order valence-corrected chi connectivity index (χ4v) is 6.09. The van der Waals surface area contributed by atoms with Crippen LogP contribution in [0.1, 0.15) is 49.5 Å². The number of aliphatic hydroxyl groups excluding tert-OH is 1. The minimum Gasteiger partial charge on any atom is -0.394 e. The number of fused-ring (bicyclic) bond motifs is 1. The molecule has 32 heavy (non-hydrogen) atoms. The molecule has 2 aliphatic heterocycles. The first-order valence-electron chi connectivity index (χ1n) is 11.0. The average Bonchev–Trinajstić information content (AvgIpc) is 2.77. The maximum absolute atomic E-state index is 15.2. The van der Waals surface area contributed by atoms with Gasteiger partial charge in [-0.3, -0.25) is 4.21 Å². The van der Waals surface area contributed by atoms with Gasteiger partial charge in [0.15, 0.2) is 0 Å². The van der Waals surface area contributed by atoms with Crippen LogP contribution in [0.5, 0.6) is 0 Å². The van der Waals surface area contributed by atoms with Crippen LogP contribution in [0, 0.1) is 0 Å². The van der Waals surface area contributed by atoms with Gasteiger partial charge in [-0.15, -0.1) is 0 Å². The summed E-state index contributed by atoms with van der Waals surface area (Å²) in [6, 6.07) is 0. The first-order chi connectivity index (χ1) is 15.5. The third-order valence-electron chi connectivity index (χ3n) is 6.69. The lowest BCUT2D eigenvalue weighted by Crippen LogP contribution is -2.49. The zero-order valence-electron chi connectivity index (χ0n) is 17.6. The second-order valence-electron chi connectivity index (χ2n) is 8.83. The lowest BCUT2D eigenvalue weighted by Gasteiger charge is -2.42. The first-order valence-corrected chi connectivity index (χ1v) is 12.7. The molecule has 2 N–H and O–H groups in total. The van der Waals surface area contributed by atoms with Gasteiger partial charge in [0.1, 0.15) is 22.7 Å². The topological polar surface area (TPSA) is 104 Å². The summed E-state index contributed by atoms with van der Waals surface area (Å²) in [5.74, 6) is 1.60. The van der Waals surface area contributed by atoms with Gasteiger partial charge in [-0.25, -0.2) is 19.3 Å². The summed E-state index contributed by atoms with van der Waals surface area (Å²) in [5.41, 5.74) is 0.329. The molecule has 3 aliphatic rings. The first kappa shape index (κ1) is 21.9. The smallest absolute Gasteiger partial charge is 0.227 e. The number of hydrogen-bond acceptors (Lipinski definition) is 8. The van der Waals surface area contributed by atoms with Gasteiger partial charge in [-0.2, -0.15) is 4.98 Å². The van der Waals surface area contributed by atoms with Gasteiger partial charge in [0.05, 0.1) is 46.1 Å². The molecule has 0 aromatic carbocycles. The van der Waals surface area contributed by atoms with E-state index >= 15 is 4.39 Å². The maximum Gasteiger partial charge on any atom is 0.227 e. The highest BCUT2D eigenvalue weighted by molar-refractivity contribution is 7.85. The third-order valence-corrected chi connectivity index (χ3v) is 8.43. The molecule has 2 aromatic heterocycles. The van der Waals surface area contributed by atoms with E-state index in [1.807, 2.05) is 4.90 Å². The van der Waals surface area contributed by atoms with Crippen molar-refractivity contribution < 1.29 is 13.7 Å². The van der Waals surface area contributed by atoms with E-state index in [-0.39, 0.29) is 13.2 Å². The van der Waals surface area contributed by atoms with Crippen molar-refractivity contribution in [3.63, 3.8) is 0 Å². The highest BCUT2D eigenvalue weighted by Crippen LogP contribution is 2.38. The van der Waals surface area contributed by atoms with Crippen LogP contribution in [-0.2, 0) is 17.2 Å². The normalized spacial score (nSPS) is 26.8. The van der Waals surface area contributed by atoms with Crippen molar-refractivity contribution in [3.8, 4) is 0 Å². The highest BCUT2D eigenvalue weighted by Gasteiger charge is 2.39.